The number of hydrogen-bond donors (Lipinski definition) is 1. The Morgan fingerprint density at radius 1 is 1.02 bits per heavy atom. The minimum absolute atomic E-state index is 0.0945. The molecular weight excluding hydrogens is 672 g/mol. The first-order chi connectivity index (χ1) is 20.1. The van der Waals surface area contributed by atoms with Crippen LogP contribution in [-0.4, -0.2) is 34.2 Å². The third-order valence-corrected chi connectivity index (χ3v) is 8.86. The molecule has 4 rings (SSSR count). The zero-order chi connectivity index (χ0) is 30.3. The van der Waals surface area contributed by atoms with Crippen LogP contribution in [0.4, 0.5) is 10.1 Å². The van der Waals surface area contributed by atoms with E-state index >= 15 is 0 Å². The molecule has 13 heteroatoms. The molecule has 0 fully saturated rings. The maximum atomic E-state index is 14.6. The molecule has 4 aromatic rings. The second kappa shape index (κ2) is 14.0. The van der Waals surface area contributed by atoms with E-state index in [4.69, 9.17) is 32.7 Å². The predicted molar refractivity (Wildman–Crippen MR) is 165 cm³/mol. The molecule has 42 heavy (non-hydrogen) atoms. The van der Waals surface area contributed by atoms with E-state index in [9.17, 15) is 17.6 Å². The molecule has 0 spiro atoms. The van der Waals surface area contributed by atoms with Crippen LogP contribution in [-0.2, 0) is 21.4 Å². The largest absolute Gasteiger partial charge is 0.493 e. The minimum Gasteiger partial charge on any atom is -0.493 e. The van der Waals surface area contributed by atoms with Gasteiger partial charge in [-0.05, 0) is 75.6 Å². The molecule has 0 atom stereocenters. The van der Waals surface area contributed by atoms with Gasteiger partial charge >= 0.3 is 0 Å². The highest BCUT2D eigenvalue weighted by Gasteiger charge is 2.29. The van der Waals surface area contributed by atoms with Crippen molar-refractivity contribution in [2.45, 2.75) is 11.5 Å². The predicted octanol–water partition coefficient (Wildman–Crippen LogP) is 6.83. The van der Waals surface area contributed by atoms with Crippen molar-refractivity contribution < 1.29 is 27.1 Å². The van der Waals surface area contributed by atoms with Crippen LogP contribution in [0, 0.1) is 5.82 Å². The molecule has 0 unspecified atom stereocenters. The van der Waals surface area contributed by atoms with Gasteiger partial charge in [0.15, 0.2) is 11.5 Å². The Bertz CT molecular complexity index is 1730. The zero-order valence-corrected chi connectivity index (χ0v) is 25.8. The summed E-state index contributed by atoms with van der Waals surface area (Å²) >= 11 is 15.5. The summed E-state index contributed by atoms with van der Waals surface area (Å²) in [6.07, 6.45) is 1.34. The number of para-hydroxylation sites is 1. The lowest BCUT2D eigenvalue weighted by molar-refractivity contribution is -0.119. The molecule has 0 heterocycles. The van der Waals surface area contributed by atoms with Crippen molar-refractivity contribution in [3.05, 3.63) is 116 Å². The summed E-state index contributed by atoms with van der Waals surface area (Å²) in [5.41, 5.74) is 3.35. The van der Waals surface area contributed by atoms with Crippen LogP contribution in [0.3, 0.4) is 0 Å². The number of rotatable bonds is 11. The summed E-state index contributed by atoms with van der Waals surface area (Å²) in [5.74, 6) is -0.776. The molecule has 1 N–H and O–H groups in total. The number of hydrogen-bond acceptors (Lipinski definition) is 6. The van der Waals surface area contributed by atoms with E-state index in [0.29, 0.717) is 35.9 Å². The highest BCUT2D eigenvalue weighted by Crippen LogP contribution is 2.37. The van der Waals surface area contributed by atoms with Gasteiger partial charge in [-0.25, -0.2) is 18.2 Å². The molecule has 0 aliphatic rings. The Balaban J connectivity index is 1.48. The number of carbonyl (C=O) groups excluding carboxylic acids is 1. The van der Waals surface area contributed by atoms with Gasteiger partial charge in [0.1, 0.15) is 19.0 Å². The fourth-order valence-electron chi connectivity index (χ4n) is 3.76. The second-order valence-corrected chi connectivity index (χ2v) is 12.2. The van der Waals surface area contributed by atoms with Crippen LogP contribution in [0.25, 0.3) is 0 Å². The summed E-state index contributed by atoms with van der Waals surface area (Å²) in [6, 6.07) is 21.2. The van der Waals surface area contributed by atoms with Crippen molar-refractivity contribution in [1.29, 1.82) is 0 Å². The van der Waals surface area contributed by atoms with Crippen LogP contribution < -0.4 is 19.2 Å². The number of sulfonamides is 1. The first-order valence-corrected chi connectivity index (χ1v) is 15.2. The van der Waals surface area contributed by atoms with Crippen molar-refractivity contribution in [3.63, 3.8) is 0 Å². The van der Waals surface area contributed by atoms with E-state index in [0.717, 1.165) is 11.6 Å². The molecule has 0 radical (unpaired) electrons. The first kappa shape index (κ1) is 31.3. The molecule has 4 aromatic carbocycles. The number of benzene rings is 4. The summed E-state index contributed by atoms with van der Waals surface area (Å²) < 4.78 is 53.9. The van der Waals surface area contributed by atoms with E-state index in [-0.39, 0.29) is 17.2 Å². The van der Waals surface area contributed by atoms with Gasteiger partial charge in [-0.1, -0.05) is 59.6 Å². The highest BCUT2D eigenvalue weighted by molar-refractivity contribution is 9.10. The normalized spacial score (nSPS) is 11.4. The smallest absolute Gasteiger partial charge is 0.264 e. The van der Waals surface area contributed by atoms with Crippen molar-refractivity contribution in [3.8, 4) is 11.5 Å². The molecule has 8 nitrogen and oxygen atoms in total. The number of nitrogens with zero attached hydrogens (tertiary/aromatic N) is 2. The van der Waals surface area contributed by atoms with Crippen molar-refractivity contribution >= 4 is 67.0 Å². The lowest BCUT2D eigenvalue weighted by Gasteiger charge is -2.24. The third kappa shape index (κ3) is 7.60. The zero-order valence-electron chi connectivity index (χ0n) is 21.9. The van der Waals surface area contributed by atoms with E-state index in [2.05, 4.69) is 26.5 Å². The number of anilines is 1. The lowest BCUT2D eigenvalue weighted by atomic mass is 10.2. The van der Waals surface area contributed by atoms with Crippen molar-refractivity contribution in [1.82, 2.24) is 5.43 Å². The molecule has 0 bridgehead atoms. The van der Waals surface area contributed by atoms with Crippen molar-refractivity contribution in [2.75, 3.05) is 18.0 Å². The number of hydrazone groups is 1. The average molecular weight is 695 g/mol. The van der Waals surface area contributed by atoms with Crippen LogP contribution >= 0.6 is 39.1 Å². The molecule has 0 aromatic heterocycles. The van der Waals surface area contributed by atoms with Gasteiger partial charge < -0.3 is 9.47 Å². The van der Waals surface area contributed by atoms with Gasteiger partial charge in [0.05, 0.1) is 38.4 Å². The molecular formula is C29H23BrCl2FN3O5S. The quantitative estimate of drug-likeness (QED) is 0.137. The van der Waals surface area contributed by atoms with Gasteiger partial charge in [-0.3, -0.25) is 9.10 Å². The van der Waals surface area contributed by atoms with Crippen LogP contribution in [0.5, 0.6) is 11.5 Å². The standard InChI is InChI=1S/C29H23BrCl2FN3O5S/c1-40-27-15-20(13-22(30)29(27)41-18-19-11-12-23(31)24(32)14-19)16-34-35-28(37)17-36(26-10-6-5-9-25(26)33)42(38,39)21-7-3-2-4-8-21/h2-16H,17-18H2,1H3,(H,35,37)/b34-16-. The van der Waals surface area contributed by atoms with Gasteiger partial charge in [0, 0.05) is 0 Å². The molecule has 0 aliphatic heterocycles. The summed E-state index contributed by atoms with van der Waals surface area (Å²) in [7, 11) is -2.80. The first-order valence-electron chi connectivity index (χ1n) is 12.2. The average Bonchev–Trinajstić information content (AvgIpc) is 2.97. The number of ether oxygens (including phenoxy) is 2. The number of amides is 1. The van der Waals surface area contributed by atoms with Gasteiger partial charge in [0.2, 0.25) is 0 Å². The summed E-state index contributed by atoms with van der Waals surface area (Å²) in [4.78, 5) is 12.7. The number of halogens is 4. The molecule has 218 valence electrons. The Morgan fingerprint density at radius 3 is 2.43 bits per heavy atom. The van der Waals surface area contributed by atoms with E-state index in [1.807, 2.05) is 0 Å². The van der Waals surface area contributed by atoms with Gasteiger partial charge in [-0.2, -0.15) is 5.10 Å². The monoisotopic (exact) mass is 693 g/mol. The Hall–Kier alpha value is -3.64. The van der Waals surface area contributed by atoms with Gasteiger partial charge in [-0.15, -0.1) is 0 Å². The molecule has 0 aliphatic carbocycles. The van der Waals surface area contributed by atoms with Crippen LogP contribution in [0.2, 0.25) is 10.0 Å². The third-order valence-electron chi connectivity index (χ3n) is 5.76. The number of carbonyl (C=O) groups is 1. The fourth-order valence-corrected chi connectivity index (χ4v) is 6.10. The van der Waals surface area contributed by atoms with Crippen molar-refractivity contribution in [2.24, 2.45) is 5.10 Å². The topological polar surface area (TPSA) is 97.3 Å². The van der Waals surface area contributed by atoms with Crippen LogP contribution in [0.1, 0.15) is 11.1 Å². The fraction of sp³-hybridized carbons (Fsp3) is 0.103. The van der Waals surface area contributed by atoms with E-state index in [1.54, 1.807) is 36.4 Å². The van der Waals surface area contributed by atoms with E-state index in [1.165, 1.54) is 55.8 Å². The maximum Gasteiger partial charge on any atom is 0.264 e. The van der Waals surface area contributed by atoms with Gasteiger partial charge in [0.25, 0.3) is 15.9 Å². The highest BCUT2D eigenvalue weighted by atomic mass is 79.9. The lowest BCUT2D eigenvalue weighted by Crippen LogP contribution is -2.40. The SMILES string of the molecule is COc1cc(/C=N\NC(=O)CN(c2ccccc2F)S(=O)(=O)c2ccccc2)cc(Br)c1OCc1ccc(Cl)c(Cl)c1. The second-order valence-electron chi connectivity index (χ2n) is 8.64. The summed E-state index contributed by atoms with van der Waals surface area (Å²) in [6.45, 7) is -0.524. The molecule has 0 saturated carbocycles. The molecule has 0 saturated heterocycles. The summed E-state index contributed by atoms with van der Waals surface area (Å²) in [5, 5.41) is 4.79. The number of nitrogens with one attached hydrogen (secondary N) is 1. The Morgan fingerprint density at radius 2 is 1.74 bits per heavy atom. The van der Waals surface area contributed by atoms with Crippen LogP contribution in [0.15, 0.2) is 99.4 Å². The maximum absolute atomic E-state index is 14.6. The Labute approximate surface area is 260 Å². The minimum atomic E-state index is -4.27. The Kier molecular flexibility index (Phi) is 10.4. The number of methoxy groups -OCH3 is 1. The molecule has 1 amide bonds. The van der Waals surface area contributed by atoms with E-state index < -0.39 is 28.3 Å².